The molecule has 8 nitrogen and oxygen atoms in total. The van der Waals surface area contributed by atoms with Crippen LogP contribution in [0.1, 0.15) is 6.42 Å². The van der Waals surface area contributed by atoms with Crippen molar-refractivity contribution in [3.63, 3.8) is 0 Å². The zero-order valence-electron chi connectivity index (χ0n) is 14.5. The molecule has 2 aliphatic heterocycles. The van der Waals surface area contributed by atoms with Crippen LogP contribution in [0.4, 0.5) is 0 Å². The summed E-state index contributed by atoms with van der Waals surface area (Å²) in [5.41, 5.74) is 0. The van der Waals surface area contributed by atoms with Gasteiger partial charge in [-0.05, 0) is 6.42 Å². The number of likely N-dealkylation sites (tertiary alicyclic amines) is 1. The molecule has 2 saturated heterocycles. The van der Waals surface area contributed by atoms with Gasteiger partial charge in [0.25, 0.3) is 10.0 Å². The number of ether oxygens (including phenoxy) is 2. The van der Waals surface area contributed by atoms with Crippen LogP contribution >= 0.6 is 0 Å². The van der Waals surface area contributed by atoms with Crippen LogP contribution in [-0.4, -0.2) is 86.3 Å². The van der Waals surface area contributed by atoms with Gasteiger partial charge in [0.15, 0.2) is 5.03 Å². The molecule has 2 fully saturated rings. The van der Waals surface area contributed by atoms with Gasteiger partial charge < -0.3 is 14.0 Å². The average Bonchev–Trinajstić information content (AvgIpc) is 3.18. The number of rotatable bonds is 6. The predicted molar refractivity (Wildman–Crippen MR) is 88.1 cm³/mol. The second kappa shape index (κ2) is 7.09. The van der Waals surface area contributed by atoms with E-state index in [0.29, 0.717) is 26.1 Å². The Hall–Kier alpha value is -1.00. The minimum Gasteiger partial charge on any atom is -0.383 e. The van der Waals surface area contributed by atoms with Gasteiger partial charge in [0.1, 0.15) is 0 Å². The molecule has 9 heteroatoms. The van der Waals surface area contributed by atoms with Crippen LogP contribution in [0.2, 0.25) is 0 Å². The first-order valence-electron chi connectivity index (χ1n) is 8.21. The lowest BCUT2D eigenvalue weighted by molar-refractivity contribution is 0.00212. The molecule has 0 saturated carbocycles. The summed E-state index contributed by atoms with van der Waals surface area (Å²) in [4.78, 5) is 6.31. The van der Waals surface area contributed by atoms with Gasteiger partial charge >= 0.3 is 0 Å². The van der Waals surface area contributed by atoms with Gasteiger partial charge in [-0.15, -0.1) is 0 Å². The third-order valence-corrected chi connectivity index (χ3v) is 6.87. The molecule has 1 aromatic rings. The Morgan fingerprint density at radius 1 is 1.33 bits per heavy atom. The largest absolute Gasteiger partial charge is 0.383 e. The van der Waals surface area contributed by atoms with E-state index in [4.69, 9.17) is 9.47 Å². The Morgan fingerprint density at radius 2 is 2.12 bits per heavy atom. The second-order valence-electron chi connectivity index (χ2n) is 6.54. The van der Waals surface area contributed by atoms with Crippen LogP contribution in [-0.2, 0) is 26.5 Å². The Balaban J connectivity index is 1.84. The molecule has 136 valence electrons. The molecule has 0 bridgehead atoms. The lowest BCUT2D eigenvalue weighted by atomic mass is 9.91. The summed E-state index contributed by atoms with van der Waals surface area (Å²) >= 11 is 0. The molecule has 3 heterocycles. The van der Waals surface area contributed by atoms with Gasteiger partial charge in [-0.3, -0.25) is 4.90 Å². The predicted octanol–water partition coefficient (Wildman–Crippen LogP) is -0.224. The van der Waals surface area contributed by atoms with E-state index in [-0.39, 0.29) is 23.1 Å². The van der Waals surface area contributed by atoms with Crippen LogP contribution in [0.15, 0.2) is 17.6 Å². The van der Waals surface area contributed by atoms with Crippen molar-refractivity contribution in [2.45, 2.75) is 23.6 Å². The summed E-state index contributed by atoms with van der Waals surface area (Å²) in [5.74, 6) is 0.180. The average molecular weight is 358 g/mol. The van der Waals surface area contributed by atoms with Crippen LogP contribution < -0.4 is 0 Å². The Morgan fingerprint density at radius 3 is 2.75 bits per heavy atom. The summed E-state index contributed by atoms with van der Waals surface area (Å²) in [6, 6.07) is -0.0763. The monoisotopic (exact) mass is 358 g/mol. The molecule has 0 N–H and O–H groups in total. The quantitative estimate of drug-likeness (QED) is 0.700. The van der Waals surface area contributed by atoms with Crippen molar-refractivity contribution in [2.24, 2.45) is 13.0 Å². The van der Waals surface area contributed by atoms with Gasteiger partial charge in [-0.25, -0.2) is 13.4 Å². The molecule has 0 aromatic carbocycles. The number of hydrogen-bond donors (Lipinski definition) is 0. The van der Waals surface area contributed by atoms with E-state index in [1.165, 1.54) is 6.33 Å². The number of piperidine rings is 1. The van der Waals surface area contributed by atoms with Crippen LogP contribution in [0, 0.1) is 5.92 Å². The number of nitrogens with zero attached hydrogens (tertiary/aromatic N) is 4. The third kappa shape index (κ3) is 3.23. The number of sulfonamides is 1. The lowest BCUT2D eigenvalue weighted by Gasteiger charge is -2.39. The highest BCUT2D eigenvalue weighted by Crippen LogP contribution is 2.35. The summed E-state index contributed by atoms with van der Waals surface area (Å²) in [7, 11) is 1.58. The van der Waals surface area contributed by atoms with Crippen molar-refractivity contribution < 1.29 is 17.9 Å². The van der Waals surface area contributed by atoms with E-state index < -0.39 is 10.0 Å². The molecule has 0 aliphatic carbocycles. The van der Waals surface area contributed by atoms with Crippen molar-refractivity contribution in [3.8, 4) is 0 Å². The van der Waals surface area contributed by atoms with Crippen molar-refractivity contribution in [1.82, 2.24) is 18.8 Å². The molecule has 24 heavy (non-hydrogen) atoms. The normalized spacial score (nSPS) is 29.0. The molecular formula is C15H26N4O4S. The van der Waals surface area contributed by atoms with E-state index in [9.17, 15) is 8.42 Å². The molecule has 2 aliphatic rings. The van der Waals surface area contributed by atoms with Gasteiger partial charge in [-0.2, -0.15) is 4.31 Å². The smallest absolute Gasteiger partial charge is 0.262 e. The van der Waals surface area contributed by atoms with Crippen molar-refractivity contribution in [2.75, 3.05) is 47.0 Å². The lowest BCUT2D eigenvalue weighted by Crippen LogP contribution is -2.53. The van der Waals surface area contributed by atoms with E-state index in [0.717, 1.165) is 13.1 Å². The summed E-state index contributed by atoms with van der Waals surface area (Å²) in [5, 5.41) is 0.120. The zero-order valence-corrected chi connectivity index (χ0v) is 15.3. The SMILES string of the molecule is COCCN1C[C@H]2[C@@H](C1)N(S(=O)(=O)c1cn(C)cn1)CC[C@H]2OC. The summed E-state index contributed by atoms with van der Waals surface area (Å²) in [6.07, 6.45) is 3.88. The minimum atomic E-state index is -3.58. The summed E-state index contributed by atoms with van der Waals surface area (Å²) < 4.78 is 40.1. The van der Waals surface area contributed by atoms with Gasteiger partial charge in [0.2, 0.25) is 0 Å². The maximum atomic E-state index is 13.0. The van der Waals surface area contributed by atoms with E-state index in [1.54, 1.807) is 36.3 Å². The first-order chi connectivity index (χ1) is 11.5. The van der Waals surface area contributed by atoms with Crippen LogP contribution in [0.5, 0.6) is 0 Å². The number of aromatic nitrogens is 2. The molecule has 1 aromatic heterocycles. The highest BCUT2D eigenvalue weighted by molar-refractivity contribution is 7.89. The number of methoxy groups -OCH3 is 2. The maximum absolute atomic E-state index is 13.0. The first-order valence-corrected chi connectivity index (χ1v) is 9.65. The molecular weight excluding hydrogens is 332 g/mol. The Bertz CT molecular complexity index is 662. The molecule has 0 amide bonds. The van der Waals surface area contributed by atoms with Crippen molar-refractivity contribution in [1.29, 1.82) is 0 Å². The van der Waals surface area contributed by atoms with Gasteiger partial charge in [0.05, 0.1) is 19.0 Å². The molecule has 3 atom stereocenters. The first kappa shape index (κ1) is 17.8. The fraction of sp³-hybridized carbons (Fsp3) is 0.800. The van der Waals surface area contributed by atoms with E-state index >= 15 is 0 Å². The summed E-state index contributed by atoms with van der Waals surface area (Å²) in [6.45, 7) is 3.46. The highest BCUT2D eigenvalue weighted by Gasteiger charge is 2.48. The van der Waals surface area contributed by atoms with Crippen LogP contribution in [0.25, 0.3) is 0 Å². The number of fused-ring (bicyclic) bond motifs is 1. The number of hydrogen-bond acceptors (Lipinski definition) is 6. The van der Waals surface area contributed by atoms with Crippen LogP contribution in [0.3, 0.4) is 0 Å². The topological polar surface area (TPSA) is 76.9 Å². The van der Waals surface area contributed by atoms with Gasteiger partial charge in [-0.1, -0.05) is 0 Å². The fourth-order valence-corrected chi connectivity index (χ4v) is 5.48. The molecule has 0 radical (unpaired) electrons. The van der Waals surface area contributed by atoms with E-state index in [1.807, 2.05) is 0 Å². The number of imidazole rings is 1. The van der Waals surface area contributed by atoms with Crippen molar-refractivity contribution >= 4 is 10.0 Å². The Kier molecular flexibility index (Phi) is 5.26. The van der Waals surface area contributed by atoms with E-state index in [2.05, 4.69) is 9.88 Å². The molecule has 0 unspecified atom stereocenters. The Labute approximate surface area is 143 Å². The zero-order chi connectivity index (χ0) is 17.3. The van der Waals surface area contributed by atoms with Gasteiger partial charge in [0, 0.05) is 65.6 Å². The number of aryl methyl sites for hydroxylation is 1. The van der Waals surface area contributed by atoms with Crippen molar-refractivity contribution in [3.05, 3.63) is 12.5 Å². The third-order valence-electron chi connectivity index (χ3n) is 5.06. The second-order valence-corrected chi connectivity index (χ2v) is 8.38. The molecule has 0 spiro atoms. The highest BCUT2D eigenvalue weighted by atomic mass is 32.2. The fourth-order valence-electron chi connectivity index (χ4n) is 3.83. The molecule has 3 rings (SSSR count). The standard InChI is InChI=1S/C15H26N4O4S/c1-17-10-15(16-11-17)24(20,21)19-5-4-14(23-3)12-8-18(6-7-22-2)9-13(12)19/h10-14H,4-9H2,1-3H3/t12-,13+,14+/m0/s1. The minimum absolute atomic E-state index is 0.0763. The maximum Gasteiger partial charge on any atom is 0.262 e.